The first kappa shape index (κ1) is 50.4. The maximum absolute atomic E-state index is 13.6. The molecule has 6 N–H and O–H groups in total. The quantitative estimate of drug-likeness (QED) is 0.0714. The van der Waals surface area contributed by atoms with Crippen LogP contribution in [0.5, 0.6) is 0 Å². The molecule has 2 aromatic rings. The average molecular weight is 823 g/mol. The van der Waals surface area contributed by atoms with Crippen LogP contribution >= 0.6 is 0 Å². The molecule has 0 spiro atoms. The molecule has 8 atom stereocenters. The van der Waals surface area contributed by atoms with Gasteiger partial charge < -0.3 is 36.2 Å². The number of nitrogens with one attached hydrogen (secondary N) is 4. The van der Waals surface area contributed by atoms with E-state index in [-0.39, 0.29) is 60.9 Å². The highest BCUT2D eigenvalue weighted by Gasteiger charge is 2.33. The van der Waals surface area contributed by atoms with Gasteiger partial charge in [0.2, 0.25) is 23.6 Å². The van der Waals surface area contributed by atoms with Crippen molar-refractivity contribution in [3.8, 4) is 0 Å². The molecule has 0 aromatic heterocycles. The Morgan fingerprint density at radius 1 is 0.610 bits per heavy atom. The molecule has 0 radical (unpaired) electrons. The van der Waals surface area contributed by atoms with Crippen molar-refractivity contribution in [2.75, 3.05) is 0 Å². The molecule has 2 aromatic carbocycles. The highest BCUT2D eigenvalue weighted by atomic mass is 16.5. The minimum atomic E-state index is -1.13. The van der Waals surface area contributed by atoms with Crippen LogP contribution in [0.25, 0.3) is 0 Å². The summed E-state index contributed by atoms with van der Waals surface area (Å²) in [6.07, 6.45) is 1.24. The highest BCUT2D eigenvalue weighted by molar-refractivity contribution is 5.91. The maximum Gasteiger partial charge on any atom is 0.329 e. The van der Waals surface area contributed by atoms with Gasteiger partial charge in [-0.05, 0) is 71.5 Å². The number of carbonyl (C=O) groups is 6. The van der Waals surface area contributed by atoms with Gasteiger partial charge in [0, 0.05) is 6.42 Å². The first-order valence-electron chi connectivity index (χ1n) is 21.1. The molecular formula is C46H70N4O9. The number of carboxylic acid groups (broad SMARTS) is 1. The molecule has 0 aliphatic heterocycles. The molecule has 13 heteroatoms. The fourth-order valence-corrected chi connectivity index (χ4v) is 6.72. The summed E-state index contributed by atoms with van der Waals surface area (Å²) >= 11 is 0. The van der Waals surface area contributed by atoms with E-state index in [2.05, 4.69) is 21.3 Å². The standard InChI is InChI=1S/C46H70N4O9/c1-11-31(9)42(48-39(53)25-37(51)32(10)24-33-15-13-12-14-16-33)44(55)50-41(29(6)7)46(58)59-26-35-19-17-34(18-20-35)22-30(8)23-38(52)47-36(21-27(2)3)43(54)49-40(28(4)5)45(56)57/h12-20,27-32,36-37,40-42,51H,11,21-26H2,1-10H3,(H,47,52)(H,48,53)(H,49,54)(H,50,55)(H,56,57)/t30?,31-,32-,36-,37-,40-,41-,42-/m0/s1. The molecule has 0 aliphatic rings. The van der Waals surface area contributed by atoms with Gasteiger partial charge in [-0.2, -0.15) is 0 Å². The Morgan fingerprint density at radius 2 is 1.15 bits per heavy atom. The number of carboxylic acids is 1. The Kier molecular flexibility index (Phi) is 21.3. The maximum atomic E-state index is 13.6. The molecule has 0 bridgehead atoms. The van der Waals surface area contributed by atoms with Crippen LogP contribution < -0.4 is 21.3 Å². The van der Waals surface area contributed by atoms with Gasteiger partial charge in [-0.3, -0.25) is 19.2 Å². The Bertz CT molecular complexity index is 1650. The minimum Gasteiger partial charge on any atom is -0.480 e. The number of aliphatic hydroxyl groups is 1. The lowest BCUT2D eigenvalue weighted by Crippen LogP contribution is -2.55. The summed E-state index contributed by atoms with van der Waals surface area (Å²) in [5.74, 6) is -4.54. The number of amides is 4. The molecule has 59 heavy (non-hydrogen) atoms. The highest BCUT2D eigenvalue weighted by Crippen LogP contribution is 2.18. The number of ether oxygens (including phenoxy) is 1. The van der Waals surface area contributed by atoms with E-state index in [1.165, 1.54) is 0 Å². The molecule has 0 heterocycles. The lowest BCUT2D eigenvalue weighted by Gasteiger charge is -2.28. The van der Waals surface area contributed by atoms with Gasteiger partial charge in [0.25, 0.3) is 0 Å². The second kappa shape index (κ2) is 25.0. The molecule has 0 saturated carbocycles. The van der Waals surface area contributed by atoms with Crippen LogP contribution in [-0.2, 0) is 53.0 Å². The zero-order valence-electron chi connectivity index (χ0n) is 36.7. The fourth-order valence-electron chi connectivity index (χ4n) is 6.72. The van der Waals surface area contributed by atoms with Gasteiger partial charge in [-0.25, -0.2) is 9.59 Å². The van der Waals surface area contributed by atoms with E-state index in [4.69, 9.17) is 4.74 Å². The SMILES string of the molecule is CC[C@H](C)[C@H](NC(=O)C[C@H](O)[C@@H](C)Cc1ccccc1)C(=O)N[C@H](C(=O)OCc1ccc(CC(C)CC(=O)N[C@@H](CC(C)C)C(=O)N[C@H](C(=O)O)C(C)C)cc1)C(C)C. The molecule has 0 fully saturated rings. The lowest BCUT2D eigenvalue weighted by atomic mass is 9.93. The summed E-state index contributed by atoms with van der Waals surface area (Å²) in [6.45, 7) is 18.4. The number of carbonyl (C=O) groups excluding carboxylic acids is 5. The number of rotatable bonds is 25. The summed E-state index contributed by atoms with van der Waals surface area (Å²) in [6, 6.07) is 13.4. The van der Waals surface area contributed by atoms with Crippen LogP contribution in [0.15, 0.2) is 54.6 Å². The van der Waals surface area contributed by atoms with Gasteiger partial charge in [0.1, 0.15) is 30.8 Å². The van der Waals surface area contributed by atoms with Crippen LogP contribution in [0.4, 0.5) is 0 Å². The number of aliphatic hydroxyl groups excluding tert-OH is 1. The van der Waals surface area contributed by atoms with Crippen LogP contribution in [0.3, 0.4) is 0 Å². The minimum absolute atomic E-state index is 0.0282. The summed E-state index contributed by atoms with van der Waals surface area (Å²) in [5.41, 5.74) is 2.75. The third-order valence-corrected chi connectivity index (χ3v) is 10.6. The van der Waals surface area contributed by atoms with Crippen molar-refractivity contribution >= 4 is 35.6 Å². The van der Waals surface area contributed by atoms with Crippen molar-refractivity contribution in [3.05, 3.63) is 71.3 Å². The molecule has 328 valence electrons. The summed E-state index contributed by atoms with van der Waals surface area (Å²) in [4.78, 5) is 77.5. The molecule has 1 unspecified atom stereocenters. The van der Waals surface area contributed by atoms with E-state index in [1.54, 1.807) is 27.7 Å². The van der Waals surface area contributed by atoms with Crippen molar-refractivity contribution in [2.24, 2.45) is 35.5 Å². The fraction of sp³-hybridized carbons (Fsp3) is 0.609. The number of aliphatic carboxylic acids is 1. The predicted octanol–water partition coefficient (Wildman–Crippen LogP) is 5.36. The van der Waals surface area contributed by atoms with Crippen LogP contribution in [0, 0.1) is 35.5 Å². The van der Waals surface area contributed by atoms with Crippen molar-refractivity contribution in [1.82, 2.24) is 21.3 Å². The molecular weight excluding hydrogens is 753 g/mol. The normalized spacial score (nSPS) is 15.6. The Morgan fingerprint density at radius 3 is 1.69 bits per heavy atom. The number of hydrogen-bond donors (Lipinski definition) is 6. The summed E-state index contributed by atoms with van der Waals surface area (Å²) in [7, 11) is 0. The van der Waals surface area contributed by atoms with E-state index in [0.29, 0.717) is 25.7 Å². The van der Waals surface area contributed by atoms with E-state index in [9.17, 15) is 39.0 Å². The molecule has 2 rings (SSSR count). The molecule has 4 amide bonds. The average Bonchev–Trinajstić information content (AvgIpc) is 3.16. The molecule has 0 aliphatic carbocycles. The van der Waals surface area contributed by atoms with E-state index in [0.717, 1.165) is 16.7 Å². The van der Waals surface area contributed by atoms with Gasteiger partial charge in [0.05, 0.1) is 12.5 Å². The largest absolute Gasteiger partial charge is 0.480 e. The second-order valence-corrected chi connectivity index (χ2v) is 17.4. The smallest absolute Gasteiger partial charge is 0.329 e. The first-order chi connectivity index (χ1) is 27.7. The third kappa shape index (κ3) is 17.9. The Hall–Kier alpha value is -4.78. The van der Waals surface area contributed by atoms with E-state index >= 15 is 0 Å². The van der Waals surface area contributed by atoms with Crippen molar-refractivity contribution < 1.29 is 43.7 Å². The second-order valence-electron chi connectivity index (χ2n) is 17.4. The summed E-state index contributed by atoms with van der Waals surface area (Å²) < 4.78 is 5.64. The zero-order valence-corrected chi connectivity index (χ0v) is 36.7. The lowest BCUT2D eigenvalue weighted by molar-refractivity contribution is -0.151. The van der Waals surface area contributed by atoms with Crippen molar-refractivity contribution in [1.29, 1.82) is 0 Å². The monoisotopic (exact) mass is 823 g/mol. The van der Waals surface area contributed by atoms with Gasteiger partial charge in [-0.15, -0.1) is 0 Å². The van der Waals surface area contributed by atoms with Crippen molar-refractivity contribution in [3.63, 3.8) is 0 Å². The Labute approximate surface area is 351 Å². The van der Waals surface area contributed by atoms with Gasteiger partial charge >= 0.3 is 11.9 Å². The molecule has 0 saturated heterocycles. The topological polar surface area (TPSA) is 200 Å². The number of hydrogen-bond acceptors (Lipinski definition) is 8. The number of benzene rings is 2. The third-order valence-electron chi connectivity index (χ3n) is 10.6. The first-order valence-corrected chi connectivity index (χ1v) is 21.1. The van der Waals surface area contributed by atoms with Gasteiger partial charge in [-0.1, -0.05) is 130 Å². The van der Waals surface area contributed by atoms with E-state index in [1.807, 2.05) is 96.1 Å². The van der Waals surface area contributed by atoms with Crippen molar-refractivity contribution in [2.45, 2.75) is 145 Å². The van der Waals surface area contributed by atoms with Crippen LogP contribution in [-0.4, -0.2) is 76.1 Å². The van der Waals surface area contributed by atoms with Crippen LogP contribution in [0.1, 0.15) is 112 Å². The molecule has 13 nitrogen and oxygen atoms in total. The van der Waals surface area contributed by atoms with E-state index < -0.39 is 59.9 Å². The number of esters is 1. The van der Waals surface area contributed by atoms with Crippen LogP contribution in [0.2, 0.25) is 0 Å². The Balaban J connectivity index is 1.95. The van der Waals surface area contributed by atoms with Gasteiger partial charge in [0.15, 0.2) is 0 Å². The zero-order chi connectivity index (χ0) is 44.4. The predicted molar refractivity (Wildman–Crippen MR) is 228 cm³/mol. The summed E-state index contributed by atoms with van der Waals surface area (Å²) in [5, 5.41) is 31.3.